The molecular formula is C28H30F3N5O3S. The van der Waals surface area contributed by atoms with E-state index in [4.69, 9.17) is 9.47 Å². The van der Waals surface area contributed by atoms with Crippen LogP contribution in [0.4, 0.5) is 24.5 Å². The third-order valence-electron chi connectivity index (χ3n) is 6.84. The molecule has 1 fully saturated rings. The molecule has 0 aliphatic carbocycles. The van der Waals surface area contributed by atoms with Crippen LogP contribution in [-0.2, 0) is 0 Å². The van der Waals surface area contributed by atoms with E-state index in [1.54, 1.807) is 47.8 Å². The molecular weight excluding hydrogens is 543 g/mol. The lowest BCUT2D eigenvalue weighted by Crippen LogP contribution is -2.46. The summed E-state index contributed by atoms with van der Waals surface area (Å²) in [5.74, 6) is 6.51. The van der Waals surface area contributed by atoms with E-state index >= 15 is 0 Å². The van der Waals surface area contributed by atoms with Crippen LogP contribution in [0.2, 0.25) is 0 Å². The van der Waals surface area contributed by atoms with Crippen LogP contribution in [0.3, 0.4) is 0 Å². The fourth-order valence-corrected chi connectivity index (χ4v) is 5.70. The van der Waals surface area contributed by atoms with Gasteiger partial charge in [-0.1, -0.05) is 11.8 Å². The Morgan fingerprint density at radius 1 is 1.25 bits per heavy atom. The summed E-state index contributed by atoms with van der Waals surface area (Å²) in [6, 6.07) is 9.68. The van der Waals surface area contributed by atoms with Gasteiger partial charge in [0.15, 0.2) is 12.5 Å². The van der Waals surface area contributed by atoms with Crippen molar-refractivity contribution in [2.45, 2.75) is 28.9 Å². The average Bonchev–Trinajstić information content (AvgIpc) is 3.21. The zero-order chi connectivity index (χ0) is 28.4. The second-order valence-electron chi connectivity index (χ2n) is 9.66. The number of rotatable bonds is 6. The highest BCUT2D eigenvalue weighted by Gasteiger charge is 2.38. The van der Waals surface area contributed by atoms with Crippen LogP contribution in [0.1, 0.15) is 22.3 Å². The van der Waals surface area contributed by atoms with E-state index in [1.165, 1.54) is 7.11 Å². The number of piperidine rings is 1. The van der Waals surface area contributed by atoms with Crippen LogP contribution >= 0.6 is 11.8 Å². The maximum absolute atomic E-state index is 14.8. The van der Waals surface area contributed by atoms with Crippen LogP contribution < -0.4 is 25.4 Å². The number of carbonyl (C=O) groups excluding carboxylic acids is 1. The monoisotopic (exact) mass is 573 g/mol. The highest BCUT2D eigenvalue weighted by Crippen LogP contribution is 2.44. The number of likely N-dealkylation sites (tertiary alicyclic amines) is 1. The molecule has 5 rings (SSSR count). The molecule has 2 aliphatic rings. The maximum Gasteiger partial charge on any atom is 0.332 e. The molecule has 8 nitrogen and oxygen atoms in total. The standard InChI is InChI=1S/C28H30F3N5O3S/c1-32-26(37)17-6-7-22(24(14-17)38-3)33-11-4-5-18-13-23-21(34-20-10-12-35(2)15-19(20)29)8-9-25-36(23)27(18)40-28(30,31)16-39-25/h6-9,13-14,19-20,33-34H,10-12,15-16H2,1-3H3,(H,32,37)/t19-,20+/m0/s1. The molecule has 1 amide bonds. The Morgan fingerprint density at radius 2 is 2.05 bits per heavy atom. The fraction of sp³-hybridized carbons (Fsp3) is 0.393. The number of alkyl halides is 3. The topological polar surface area (TPSA) is 79.3 Å². The van der Waals surface area contributed by atoms with Gasteiger partial charge in [0.25, 0.3) is 5.91 Å². The summed E-state index contributed by atoms with van der Waals surface area (Å²) in [5, 5.41) is 6.10. The van der Waals surface area contributed by atoms with Gasteiger partial charge in [0.1, 0.15) is 16.9 Å². The minimum atomic E-state index is -3.16. The normalized spacial score (nSPS) is 20.1. The number of hydrogen-bond acceptors (Lipinski definition) is 7. The molecule has 1 saturated heterocycles. The summed E-state index contributed by atoms with van der Waals surface area (Å²) in [6.45, 7) is 0.498. The average molecular weight is 574 g/mol. The number of anilines is 2. The van der Waals surface area contributed by atoms with Gasteiger partial charge in [-0.25, -0.2) is 4.39 Å². The van der Waals surface area contributed by atoms with Crippen molar-refractivity contribution in [2.24, 2.45) is 0 Å². The first kappa shape index (κ1) is 27.9. The predicted molar refractivity (Wildman–Crippen MR) is 150 cm³/mol. The number of pyridine rings is 1. The van der Waals surface area contributed by atoms with Gasteiger partial charge in [-0.3, -0.25) is 9.20 Å². The highest BCUT2D eigenvalue weighted by molar-refractivity contribution is 8.00. The van der Waals surface area contributed by atoms with Crippen molar-refractivity contribution in [1.29, 1.82) is 0 Å². The van der Waals surface area contributed by atoms with Crippen LogP contribution in [-0.4, -0.2) is 80.1 Å². The van der Waals surface area contributed by atoms with Crippen molar-refractivity contribution in [3.05, 3.63) is 47.5 Å². The maximum atomic E-state index is 14.8. The Hall–Kier alpha value is -3.69. The van der Waals surface area contributed by atoms with Crippen molar-refractivity contribution in [3.63, 3.8) is 0 Å². The van der Waals surface area contributed by atoms with Crippen molar-refractivity contribution < 1.29 is 27.4 Å². The SMILES string of the molecule is CNC(=O)c1ccc(NCC#Cc2cc3c(N[C@@H]4CCN(C)C[C@@H]4F)ccc4n3c2SC(F)(F)CO4)c(OC)c1. The molecule has 2 aliphatic heterocycles. The quantitative estimate of drug-likeness (QED) is 0.380. The minimum absolute atomic E-state index is 0.190. The molecule has 4 heterocycles. The number of methoxy groups -OCH3 is 1. The highest BCUT2D eigenvalue weighted by atomic mass is 32.2. The first-order chi connectivity index (χ1) is 19.2. The van der Waals surface area contributed by atoms with Gasteiger partial charge >= 0.3 is 5.25 Å². The molecule has 0 spiro atoms. The lowest BCUT2D eigenvalue weighted by atomic mass is 10.0. The number of aromatic nitrogens is 1. The first-order valence-electron chi connectivity index (χ1n) is 12.8. The van der Waals surface area contributed by atoms with E-state index in [-0.39, 0.29) is 23.4 Å². The smallest absolute Gasteiger partial charge is 0.332 e. The molecule has 2 aromatic heterocycles. The molecule has 3 aromatic rings. The minimum Gasteiger partial charge on any atom is -0.495 e. The van der Waals surface area contributed by atoms with Crippen LogP contribution in [0.15, 0.2) is 41.4 Å². The van der Waals surface area contributed by atoms with Gasteiger partial charge in [0.05, 0.1) is 42.2 Å². The Labute approximate surface area is 234 Å². The van der Waals surface area contributed by atoms with Crippen molar-refractivity contribution in [1.82, 2.24) is 14.6 Å². The second kappa shape index (κ2) is 11.4. The summed E-state index contributed by atoms with van der Waals surface area (Å²) >= 11 is 0.399. The van der Waals surface area contributed by atoms with E-state index < -0.39 is 24.1 Å². The molecule has 1 aromatic carbocycles. The number of halogens is 3. The summed E-state index contributed by atoms with van der Waals surface area (Å²) in [6.07, 6.45) is -0.444. The summed E-state index contributed by atoms with van der Waals surface area (Å²) in [4.78, 5) is 13.9. The third kappa shape index (κ3) is 5.76. The predicted octanol–water partition coefficient (Wildman–Crippen LogP) is 4.30. The Balaban J connectivity index is 1.43. The van der Waals surface area contributed by atoms with Gasteiger partial charge < -0.3 is 30.3 Å². The summed E-state index contributed by atoms with van der Waals surface area (Å²) in [7, 11) is 4.93. The lowest BCUT2D eigenvalue weighted by molar-refractivity contribution is 0.0473. The number of nitrogens with zero attached hydrogens (tertiary/aromatic N) is 2. The molecule has 12 heteroatoms. The van der Waals surface area contributed by atoms with Crippen LogP contribution in [0.25, 0.3) is 5.52 Å². The largest absolute Gasteiger partial charge is 0.495 e. The number of hydrogen-bond donors (Lipinski definition) is 3. The fourth-order valence-electron chi connectivity index (χ4n) is 4.80. The number of benzene rings is 1. The van der Waals surface area contributed by atoms with E-state index in [1.807, 2.05) is 11.9 Å². The number of nitrogens with one attached hydrogen (secondary N) is 3. The first-order valence-corrected chi connectivity index (χ1v) is 13.6. The summed E-state index contributed by atoms with van der Waals surface area (Å²) in [5.41, 5.74) is 2.71. The van der Waals surface area contributed by atoms with Gasteiger partial charge in [-0.05, 0) is 55.6 Å². The number of amides is 1. The van der Waals surface area contributed by atoms with Crippen molar-refractivity contribution in [3.8, 4) is 23.5 Å². The van der Waals surface area contributed by atoms with E-state index in [9.17, 15) is 18.0 Å². The van der Waals surface area contributed by atoms with E-state index in [0.717, 1.165) is 6.54 Å². The number of thioether (sulfide) groups is 1. The Bertz CT molecular complexity index is 1490. The molecule has 3 N–H and O–H groups in total. The molecule has 0 bridgehead atoms. The van der Waals surface area contributed by atoms with E-state index in [2.05, 4.69) is 27.8 Å². The molecule has 2 atom stereocenters. The zero-order valence-electron chi connectivity index (χ0n) is 22.3. The van der Waals surface area contributed by atoms with Gasteiger partial charge in [0, 0.05) is 31.8 Å². The van der Waals surface area contributed by atoms with Crippen LogP contribution in [0, 0.1) is 11.8 Å². The third-order valence-corrected chi connectivity index (χ3v) is 7.86. The zero-order valence-corrected chi connectivity index (χ0v) is 23.1. The summed E-state index contributed by atoms with van der Waals surface area (Å²) < 4.78 is 56.5. The lowest BCUT2D eigenvalue weighted by Gasteiger charge is -2.33. The van der Waals surface area contributed by atoms with Crippen molar-refractivity contribution >= 4 is 34.6 Å². The molecule has 40 heavy (non-hydrogen) atoms. The van der Waals surface area contributed by atoms with Gasteiger partial charge in [-0.15, -0.1) is 0 Å². The van der Waals surface area contributed by atoms with Gasteiger partial charge in [0.2, 0.25) is 0 Å². The van der Waals surface area contributed by atoms with E-state index in [0.29, 0.717) is 58.5 Å². The molecule has 0 radical (unpaired) electrons. The number of ether oxygens (including phenoxy) is 2. The second-order valence-corrected chi connectivity index (χ2v) is 10.9. The number of carbonyl (C=O) groups is 1. The van der Waals surface area contributed by atoms with Crippen LogP contribution in [0.5, 0.6) is 11.6 Å². The molecule has 212 valence electrons. The molecule has 0 unspecified atom stereocenters. The molecule has 0 saturated carbocycles. The Kier molecular flexibility index (Phi) is 7.96. The van der Waals surface area contributed by atoms with Crippen molar-refractivity contribution in [2.75, 3.05) is 58.1 Å². The Morgan fingerprint density at radius 3 is 2.80 bits per heavy atom. The van der Waals surface area contributed by atoms with Gasteiger partial charge in [-0.2, -0.15) is 8.78 Å².